The molecule has 1 aliphatic rings. The Morgan fingerprint density at radius 3 is 2.58 bits per heavy atom. The van der Waals surface area contributed by atoms with Gasteiger partial charge in [-0.05, 0) is 18.1 Å². The third-order valence-corrected chi connectivity index (χ3v) is 3.77. The molecule has 1 aliphatic carbocycles. The van der Waals surface area contributed by atoms with Crippen molar-refractivity contribution in [3.63, 3.8) is 0 Å². The lowest BCUT2D eigenvalue weighted by atomic mass is 10.1. The molecule has 0 heterocycles. The van der Waals surface area contributed by atoms with Gasteiger partial charge in [-0.2, -0.15) is 0 Å². The predicted octanol–water partition coefficient (Wildman–Crippen LogP) is 3.34. The molecule has 1 saturated carbocycles. The van der Waals surface area contributed by atoms with E-state index < -0.39 is 0 Å². The largest absolute Gasteiger partial charge is 0.496 e. The van der Waals surface area contributed by atoms with Crippen LogP contribution in [-0.2, 0) is 6.54 Å². The quantitative estimate of drug-likeness (QED) is 0.882. The Hall–Kier alpha value is -1.80. The molecule has 0 spiro atoms. The molecule has 0 saturated heterocycles. The molecular formula is C17H19NO. The van der Waals surface area contributed by atoms with E-state index in [2.05, 4.69) is 47.8 Å². The Labute approximate surface area is 114 Å². The fraction of sp³-hybridized carbons (Fsp3) is 0.294. The first-order valence-corrected chi connectivity index (χ1v) is 6.78. The Bertz CT molecular complexity index is 538. The summed E-state index contributed by atoms with van der Waals surface area (Å²) >= 11 is 0. The zero-order chi connectivity index (χ0) is 13.1. The Balaban J connectivity index is 1.57. The van der Waals surface area contributed by atoms with Crippen molar-refractivity contribution in [2.75, 3.05) is 7.11 Å². The van der Waals surface area contributed by atoms with E-state index in [4.69, 9.17) is 4.74 Å². The maximum absolute atomic E-state index is 5.37. The first-order valence-electron chi connectivity index (χ1n) is 6.78. The minimum atomic E-state index is 0.604. The summed E-state index contributed by atoms with van der Waals surface area (Å²) in [6, 6.07) is 19.5. The van der Waals surface area contributed by atoms with Crippen molar-refractivity contribution in [2.45, 2.75) is 24.9 Å². The molecule has 2 aromatic carbocycles. The van der Waals surface area contributed by atoms with Crippen molar-refractivity contribution >= 4 is 0 Å². The smallest absolute Gasteiger partial charge is 0.123 e. The number of benzene rings is 2. The van der Waals surface area contributed by atoms with Crippen LogP contribution in [-0.4, -0.2) is 13.2 Å². The topological polar surface area (TPSA) is 21.3 Å². The Kier molecular flexibility index (Phi) is 3.51. The highest BCUT2D eigenvalue weighted by Gasteiger charge is 2.37. The van der Waals surface area contributed by atoms with Crippen molar-refractivity contribution in [1.82, 2.24) is 5.32 Å². The maximum atomic E-state index is 5.37. The van der Waals surface area contributed by atoms with Crippen LogP contribution in [0.1, 0.15) is 23.5 Å². The van der Waals surface area contributed by atoms with E-state index in [-0.39, 0.29) is 0 Å². The molecule has 0 unspecified atom stereocenters. The minimum absolute atomic E-state index is 0.604. The van der Waals surface area contributed by atoms with E-state index in [1.165, 1.54) is 17.5 Å². The first kappa shape index (κ1) is 12.2. The highest BCUT2D eigenvalue weighted by Crippen LogP contribution is 2.40. The van der Waals surface area contributed by atoms with E-state index >= 15 is 0 Å². The van der Waals surface area contributed by atoms with E-state index in [1.807, 2.05) is 12.1 Å². The van der Waals surface area contributed by atoms with Crippen LogP contribution in [0.25, 0.3) is 0 Å². The van der Waals surface area contributed by atoms with Gasteiger partial charge in [0.05, 0.1) is 7.11 Å². The molecule has 98 valence electrons. The zero-order valence-corrected chi connectivity index (χ0v) is 11.2. The number of nitrogens with one attached hydrogen (secondary N) is 1. The molecule has 19 heavy (non-hydrogen) atoms. The van der Waals surface area contributed by atoms with E-state index in [1.54, 1.807) is 7.11 Å². The molecule has 3 rings (SSSR count). The van der Waals surface area contributed by atoms with Crippen LogP contribution in [0, 0.1) is 0 Å². The Morgan fingerprint density at radius 1 is 1.05 bits per heavy atom. The second-order valence-electron chi connectivity index (χ2n) is 5.05. The number of ether oxygens (including phenoxy) is 1. The lowest BCUT2D eigenvalue weighted by molar-refractivity contribution is 0.407. The van der Waals surface area contributed by atoms with Crippen LogP contribution in [0.5, 0.6) is 5.75 Å². The second-order valence-corrected chi connectivity index (χ2v) is 5.05. The van der Waals surface area contributed by atoms with Crippen LogP contribution in [0.15, 0.2) is 54.6 Å². The number of rotatable bonds is 5. The molecule has 0 bridgehead atoms. The average molecular weight is 253 g/mol. The van der Waals surface area contributed by atoms with Crippen LogP contribution in [0.4, 0.5) is 0 Å². The molecule has 1 fully saturated rings. The second kappa shape index (κ2) is 5.45. The van der Waals surface area contributed by atoms with Gasteiger partial charge in [-0.15, -0.1) is 0 Å². The van der Waals surface area contributed by atoms with Crippen molar-refractivity contribution in [2.24, 2.45) is 0 Å². The number of para-hydroxylation sites is 1. The third-order valence-electron chi connectivity index (χ3n) is 3.77. The summed E-state index contributed by atoms with van der Waals surface area (Å²) in [7, 11) is 1.72. The molecule has 2 heteroatoms. The normalized spacial score (nSPS) is 21.1. The molecule has 0 radical (unpaired) electrons. The van der Waals surface area contributed by atoms with Crippen LogP contribution in [0.3, 0.4) is 0 Å². The minimum Gasteiger partial charge on any atom is -0.496 e. The van der Waals surface area contributed by atoms with Gasteiger partial charge in [-0.25, -0.2) is 0 Å². The average Bonchev–Trinajstić information content (AvgIpc) is 3.26. The SMILES string of the molecule is COc1ccccc1CN[C@@H]1C[C@H]1c1ccccc1. The summed E-state index contributed by atoms with van der Waals surface area (Å²) in [4.78, 5) is 0. The van der Waals surface area contributed by atoms with Crippen molar-refractivity contribution < 1.29 is 4.74 Å². The van der Waals surface area contributed by atoms with Gasteiger partial charge in [0.1, 0.15) is 5.75 Å². The van der Waals surface area contributed by atoms with Gasteiger partial charge in [0.25, 0.3) is 0 Å². The summed E-state index contributed by atoms with van der Waals surface area (Å²) in [5.74, 6) is 1.64. The Morgan fingerprint density at radius 2 is 1.79 bits per heavy atom. The standard InChI is InChI=1S/C17H19NO/c1-19-17-10-6-5-9-14(17)12-18-16-11-15(16)13-7-3-2-4-8-13/h2-10,15-16,18H,11-12H2,1H3/t15-,16+/m0/s1. The van der Waals surface area contributed by atoms with Gasteiger partial charge < -0.3 is 10.1 Å². The monoisotopic (exact) mass is 253 g/mol. The highest BCUT2D eigenvalue weighted by molar-refractivity contribution is 5.34. The van der Waals surface area contributed by atoms with Gasteiger partial charge in [-0.1, -0.05) is 48.5 Å². The third kappa shape index (κ3) is 2.79. The number of methoxy groups -OCH3 is 1. The van der Waals surface area contributed by atoms with Gasteiger partial charge in [0, 0.05) is 24.1 Å². The summed E-state index contributed by atoms with van der Waals surface area (Å²) in [5, 5.41) is 3.62. The highest BCUT2D eigenvalue weighted by atomic mass is 16.5. The number of hydrogen-bond donors (Lipinski definition) is 1. The molecule has 2 nitrogen and oxygen atoms in total. The molecule has 0 amide bonds. The van der Waals surface area contributed by atoms with E-state index in [0.29, 0.717) is 12.0 Å². The fourth-order valence-corrected chi connectivity index (χ4v) is 2.58. The van der Waals surface area contributed by atoms with Crippen LogP contribution in [0.2, 0.25) is 0 Å². The van der Waals surface area contributed by atoms with Gasteiger partial charge in [0.15, 0.2) is 0 Å². The predicted molar refractivity (Wildman–Crippen MR) is 77.4 cm³/mol. The summed E-state index contributed by atoms with van der Waals surface area (Å²) in [5.41, 5.74) is 2.67. The molecule has 2 aromatic rings. The van der Waals surface area contributed by atoms with Crippen molar-refractivity contribution in [3.8, 4) is 5.75 Å². The van der Waals surface area contributed by atoms with E-state index in [9.17, 15) is 0 Å². The lowest BCUT2D eigenvalue weighted by Gasteiger charge is -2.09. The molecule has 0 aromatic heterocycles. The fourth-order valence-electron chi connectivity index (χ4n) is 2.58. The van der Waals surface area contributed by atoms with E-state index in [0.717, 1.165) is 12.3 Å². The molecule has 0 aliphatic heterocycles. The molecule has 2 atom stereocenters. The number of hydrogen-bond acceptors (Lipinski definition) is 2. The van der Waals surface area contributed by atoms with Gasteiger partial charge in [-0.3, -0.25) is 0 Å². The summed E-state index contributed by atoms with van der Waals surface area (Å²) in [6.45, 7) is 0.873. The zero-order valence-electron chi connectivity index (χ0n) is 11.2. The summed E-state index contributed by atoms with van der Waals surface area (Å²) < 4.78 is 5.37. The lowest BCUT2D eigenvalue weighted by Crippen LogP contribution is -2.17. The molecular weight excluding hydrogens is 234 g/mol. The van der Waals surface area contributed by atoms with Crippen LogP contribution >= 0.6 is 0 Å². The maximum Gasteiger partial charge on any atom is 0.123 e. The van der Waals surface area contributed by atoms with Gasteiger partial charge >= 0.3 is 0 Å². The summed E-state index contributed by atoms with van der Waals surface area (Å²) in [6.07, 6.45) is 1.24. The van der Waals surface area contributed by atoms with Crippen molar-refractivity contribution in [1.29, 1.82) is 0 Å². The van der Waals surface area contributed by atoms with Gasteiger partial charge in [0.2, 0.25) is 0 Å². The van der Waals surface area contributed by atoms with Crippen molar-refractivity contribution in [3.05, 3.63) is 65.7 Å². The van der Waals surface area contributed by atoms with Crippen LogP contribution < -0.4 is 10.1 Å². The first-order chi connectivity index (χ1) is 9.38. The molecule has 1 N–H and O–H groups in total.